The number of carbonyl (C=O) groups excluding carboxylic acids is 3. The average Bonchev–Trinajstić information content (AvgIpc) is 2.53. The minimum Gasteiger partial charge on any atom is -0.444 e. The number of esters is 1. The SMILES string of the molecule is CNS(=O)(=O)c1cc(Cl)c(NC(=O)C(OC(C)=O)C(=O)C(C)(C)C)cc1Cl. The molecule has 1 aromatic rings. The summed E-state index contributed by atoms with van der Waals surface area (Å²) < 4.78 is 30.7. The van der Waals surface area contributed by atoms with Crippen LogP contribution in [-0.4, -0.2) is 39.2 Å². The molecule has 0 aliphatic rings. The zero-order chi connectivity index (χ0) is 21.2. The van der Waals surface area contributed by atoms with Crippen molar-refractivity contribution in [1.82, 2.24) is 4.72 Å². The van der Waals surface area contributed by atoms with E-state index in [0.29, 0.717) is 0 Å². The van der Waals surface area contributed by atoms with Crippen molar-refractivity contribution in [1.29, 1.82) is 0 Å². The monoisotopic (exact) mass is 438 g/mol. The second kappa shape index (κ2) is 8.55. The van der Waals surface area contributed by atoms with Gasteiger partial charge in [-0.3, -0.25) is 14.4 Å². The van der Waals surface area contributed by atoms with Crippen molar-refractivity contribution < 1.29 is 27.5 Å². The first-order valence-electron chi connectivity index (χ1n) is 7.65. The number of hydrogen-bond donors (Lipinski definition) is 2. The summed E-state index contributed by atoms with van der Waals surface area (Å²) in [5.74, 6) is -2.37. The van der Waals surface area contributed by atoms with E-state index in [1.807, 2.05) is 0 Å². The van der Waals surface area contributed by atoms with Crippen molar-refractivity contribution >= 4 is 56.6 Å². The highest BCUT2D eigenvalue weighted by Gasteiger charge is 2.37. The Morgan fingerprint density at radius 1 is 1.11 bits per heavy atom. The molecule has 0 saturated heterocycles. The number of ether oxygens (including phenoxy) is 1. The van der Waals surface area contributed by atoms with Gasteiger partial charge in [-0.2, -0.15) is 0 Å². The van der Waals surface area contributed by atoms with Crippen molar-refractivity contribution in [2.45, 2.75) is 38.7 Å². The van der Waals surface area contributed by atoms with Crippen molar-refractivity contribution in [3.05, 3.63) is 22.2 Å². The number of hydrogen-bond acceptors (Lipinski definition) is 6. The molecule has 1 rings (SSSR count). The molecule has 11 heteroatoms. The minimum absolute atomic E-state index is 0.0411. The van der Waals surface area contributed by atoms with Crippen LogP contribution in [0.25, 0.3) is 0 Å². The van der Waals surface area contributed by atoms with Crippen molar-refractivity contribution in [2.24, 2.45) is 5.41 Å². The van der Waals surface area contributed by atoms with Gasteiger partial charge in [0.1, 0.15) is 4.90 Å². The molecule has 1 unspecified atom stereocenters. The van der Waals surface area contributed by atoms with Crippen LogP contribution < -0.4 is 10.0 Å². The largest absolute Gasteiger partial charge is 0.444 e. The van der Waals surface area contributed by atoms with Crippen LogP contribution in [0, 0.1) is 5.41 Å². The van der Waals surface area contributed by atoms with Gasteiger partial charge in [-0.15, -0.1) is 0 Å². The third-order valence-electron chi connectivity index (χ3n) is 3.34. The second-order valence-electron chi connectivity index (χ2n) is 6.56. The second-order valence-corrected chi connectivity index (χ2v) is 9.23. The molecule has 150 valence electrons. The first-order valence-corrected chi connectivity index (χ1v) is 9.89. The Morgan fingerprint density at radius 3 is 2.11 bits per heavy atom. The van der Waals surface area contributed by atoms with Gasteiger partial charge < -0.3 is 10.1 Å². The molecule has 27 heavy (non-hydrogen) atoms. The fraction of sp³-hybridized carbons (Fsp3) is 0.438. The summed E-state index contributed by atoms with van der Waals surface area (Å²) in [6.07, 6.45) is -1.70. The average molecular weight is 439 g/mol. The van der Waals surface area contributed by atoms with Crippen LogP contribution >= 0.6 is 23.2 Å². The first-order chi connectivity index (χ1) is 12.2. The lowest BCUT2D eigenvalue weighted by Gasteiger charge is -2.23. The van der Waals surface area contributed by atoms with Gasteiger partial charge in [0.15, 0.2) is 5.78 Å². The summed E-state index contributed by atoms with van der Waals surface area (Å²) in [5.41, 5.74) is -0.996. The number of anilines is 1. The number of benzene rings is 1. The minimum atomic E-state index is -3.86. The molecule has 0 aliphatic carbocycles. The fourth-order valence-electron chi connectivity index (χ4n) is 1.92. The molecule has 0 bridgehead atoms. The molecule has 1 atom stereocenters. The number of rotatable bonds is 6. The summed E-state index contributed by atoms with van der Waals surface area (Å²) in [7, 11) is -2.66. The maximum Gasteiger partial charge on any atom is 0.303 e. The van der Waals surface area contributed by atoms with E-state index >= 15 is 0 Å². The Bertz CT molecular complexity index is 878. The number of ketones is 1. The van der Waals surface area contributed by atoms with Gasteiger partial charge in [0.25, 0.3) is 5.91 Å². The Hall–Kier alpha value is -1.68. The molecule has 1 amide bonds. The van der Waals surface area contributed by atoms with Crippen LogP contribution in [0.1, 0.15) is 27.7 Å². The standard InChI is InChI=1S/C16H20Cl2N2O6S/c1-8(21)26-13(14(22)16(2,3)4)15(23)20-11-6-10(18)12(7-9(11)17)27(24,25)19-5/h6-7,13,19H,1-5H3,(H,20,23). The van der Waals surface area contributed by atoms with E-state index in [4.69, 9.17) is 27.9 Å². The number of halogens is 2. The predicted octanol–water partition coefficient (Wildman–Crippen LogP) is 2.39. The van der Waals surface area contributed by atoms with Crippen molar-refractivity contribution in [2.75, 3.05) is 12.4 Å². The van der Waals surface area contributed by atoms with Gasteiger partial charge in [-0.1, -0.05) is 44.0 Å². The van der Waals surface area contributed by atoms with Gasteiger partial charge in [0.05, 0.1) is 15.7 Å². The van der Waals surface area contributed by atoms with E-state index in [1.165, 1.54) is 7.05 Å². The molecule has 0 radical (unpaired) electrons. The smallest absolute Gasteiger partial charge is 0.303 e. The highest BCUT2D eigenvalue weighted by atomic mass is 35.5. The summed E-state index contributed by atoms with van der Waals surface area (Å²) >= 11 is 12.0. The molecular weight excluding hydrogens is 419 g/mol. The third kappa shape index (κ3) is 5.90. The van der Waals surface area contributed by atoms with Gasteiger partial charge in [-0.25, -0.2) is 13.1 Å². The van der Waals surface area contributed by atoms with Crippen LogP contribution in [-0.2, 0) is 29.1 Å². The summed E-state index contributed by atoms with van der Waals surface area (Å²) in [6, 6.07) is 2.18. The van der Waals surface area contributed by atoms with Crippen LogP contribution in [0.5, 0.6) is 0 Å². The predicted molar refractivity (Wildman–Crippen MR) is 101 cm³/mol. The Kier molecular flexibility index (Phi) is 7.40. The molecule has 0 saturated carbocycles. The van der Waals surface area contributed by atoms with Crippen LogP contribution in [0.4, 0.5) is 5.69 Å². The van der Waals surface area contributed by atoms with Crippen molar-refractivity contribution in [3.63, 3.8) is 0 Å². The highest BCUT2D eigenvalue weighted by Crippen LogP contribution is 2.32. The zero-order valence-electron chi connectivity index (χ0n) is 15.3. The maximum atomic E-state index is 12.5. The lowest BCUT2D eigenvalue weighted by atomic mass is 9.87. The quantitative estimate of drug-likeness (QED) is 0.519. The highest BCUT2D eigenvalue weighted by molar-refractivity contribution is 7.89. The van der Waals surface area contributed by atoms with Crippen molar-refractivity contribution in [3.8, 4) is 0 Å². The topological polar surface area (TPSA) is 119 Å². The molecule has 1 aromatic carbocycles. The number of carbonyl (C=O) groups is 3. The van der Waals surface area contributed by atoms with Crippen LogP contribution in [0.3, 0.4) is 0 Å². The number of Topliss-reactive ketones (excluding diaryl/α,β-unsaturated/α-hetero) is 1. The van der Waals surface area contributed by atoms with E-state index in [1.54, 1.807) is 20.8 Å². The molecule has 0 aliphatic heterocycles. The van der Waals surface area contributed by atoms with E-state index < -0.39 is 39.2 Å². The fourth-order valence-corrected chi connectivity index (χ4v) is 3.48. The Labute approximate surface area is 167 Å². The number of sulfonamides is 1. The van der Waals surface area contributed by atoms with Gasteiger partial charge in [0, 0.05) is 12.3 Å². The Morgan fingerprint density at radius 2 is 1.67 bits per heavy atom. The molecule has 0 heterocycles. The van der Waals surface area contributed by atoms with E-state index in [-0.39, 0.29) is 20.6 Å². The molecular formula is C16H20Cl2N2O6S. The number of amides is 1. The molecule has 0 fully saturated rings. The van der Waals surface area contributed by atoms with Crippen LogP contribution in [0.15, 0.2) is 17.0 Å². The number of nitrogens with one attached hydrogen (secondary N) is 2. The maximum absolute atomic E-state index is 12.5. The van der Waals surface area contributed by atoms with Gasteiger partial charge >= 0.3 is 5.97 Å². The first kappa shape index (κ1) is 23.4. The van der Waals surface area contributed by atoms with Crippen LogP contribution in [0.2, 0.25) is 10.0 Å². The van der Waals surface area contributed by atoms with E-state index in [9.17, 15) is 22.8 Å². The third-order valence-corrected chi connectivity index (χ3v) is 5.53. The lowest BCUT2D eigenvalue weighted by molar-refractivity contribution is -0.160. The Balaban J connectivity index is 3.25. The zero-order valence-corrected chi connectivity index (χ0v) is 17.7. The van der Waals surface area contributed by atoms with Gasteiger partial charge in [-0.05, 0) is 19.2 Å². The van der Waals surface area contributed by atoms with Gasteiger partial charge in [0.2, 0.25) is 16.1 Å². The molecule has 2 N–H and O–H groups in total. The summed E-state index contributed by atoms with van der Waals surface area (Å²) in [4.78, 5) is 35.9. The summed E-state index contributed by atoms with van der Waals surface area (Å²) in [6.45, 7) is 5.78. The normalized spacial score (nSPS) is 13.0. The van der Waals surface area contributed by atoms with E-state index in [0.717, 1.165) is 19.1 Å². The summed E-state index contributed by atoms with van der Waals surface area (Å²) in [5, 5.41) is 2.01. The molecule has 0 spiro atoms. The molecule has 0 aromatic heterocycles. The lowest BCUT2D eigenvalue weighted by Crippen LogP contribution is -2.44. The molecule has 8 nitrogen and oxygen atoms in total. The van der Waals surface area contributed by atoms with E-state index in [2.05, 4.69) is 10.0 Å².